The van der Waals surface area contributed by atoms with Crippen molar-refractivity contribution in [2.45, 2.75) is 31.8 Å². The number of rotatable bonds is 6. The van der Waals surface area contributed by atoms with E-state index in [0.29, 0.717) is 6.54 Å². The number of nitrogens with zero attached hydrogens (tertiary/aromatic N) is 3. The van der Waals surface area contributed by atoms with Crippen molar-refractivity contribution in [3.8, 4) is 11.1 Å². The predicted octanol–water partition coefficient (Wildman–Crippen LogP) is 3.26. The second-order valence-corrected chi connectivity index (χ2v) is 9.12. The number of anilines is 1. The molecule has 3 aromatic rings. The molecule has 1 saturated carbocycles. The van der Waals surface area contributed by atoms with E-state index in [1.54, 1.807) is 11.3 Å². The molecule has 1 aliphatic heterocycles. The maximum absolute atomic E-state index is 12.0. The molecule has 3 heterocycles. The number of benzene rings is 1. The minimum Gasteiger partial charge on any atom is -0.379 e. The van der Waals surface area contributed by atoms with E-state index in [9.17, 15) is 4.79 Å². The number of fused-ring (bicyclic) bond motifs is 1. The molecular formula is C23H27N5O2S. The zero-order valence-corrected chi connectivity index (χ0v) is 18.2. The van der Waals surface area contributed by atoms with E-state index in [2.05, 4.69) is 27.7 Å². The Morgan fingerprint density at radius 1 is 1.19 bits per heavy atom. The molecule has 1 saturated heterocycles. The zero-order chi connectivity index (χ0) is 21.2. The van der Waals surface area contributed by atoms with Gasteiger partial charge in [-0.3, -0.25) is 9.69 Å². The van der Waals surface area contributed by atoms with E-state index in [1.807, 2.05) is 18.2 Å². The van der Waals surface area contributed by atoms with Crippen LogP contribution in [0.15, 0.2) is 35.7 Å². The van der Waals surface area contributed by atoms with E-state index < -0.39 is 0 Å². The van der Waals surface area contributed by atoms with Crippen molar-refractivity contribution in [2.75, 3.05) is 31.6 Å². The van der Waals surface area contributed by atoms with Crippen molar-refractivity contribution < 1.29 is 9.53 Å². The number of nitrogens with two attached hydrogens (primary N) is 1. The maximum atomic E-state index is 12.0. The first-order chi connectivity index (χ1) is 15.2. The fraction of sp³-hybridized carbons (Fsp3) is 0.435. The Morgan fingerprint density at radius 2 is 2.00 bits per heavy atom. The average Bonchev–Trinajstić information content (AvgIpc) is 3.42. The fourth-order valence-electron chi connectivity index (χ4n) is 4.60. The van der Waals surface area contributed by atoms with Gasteiger partial charge in [-0.2, -0.15) is 0 Å². The predicted molar refractivity (Wildman–Crippen MR) is 123 cm³/mol. The molecule has 2 aromatic heterocycles. The Morgan fingerprint density at radius 3 is 2.77 bits per heavy atom. The average molecular weight is 438 g/mol. The van der Waals surface area contributed by atoms with Crippen LogP contribution >= 0.6 is 11.3 Å². The summed E-state index contributed by atoms with van der Waals surface area (Å²) in [6.45, 7) is 3.95. The van der Waals surface area contributed by atoms with Gasteiger partial charge in [-0.15, -0.1) is 11.3 Å². The summed E-state index contributed by atoms with van der Waals surface area (Å²) in [5.74, 6) is 1.22. The quantitative estimate of drug-likeness (QED) is 0.615. The monoisotopic (exact) mass is 437 g/mol. The van der Waals surface area contributed by atoms with Crippen LogP contribution in [0, 0.1) is 5.92 Å². The van der Waals surface area contributed by atoms with Crippen LogP contribution < -0.4 is 11.1 Å². The number of aromatic nitrogens is 2. The summed E-state index contributed by atoms with van der Waals surface area (Å²) in [7, 11) is 0. The molecule has 0 spiro atoms. The molecule has 0 unspecified atom stereocenters. The number of hydrogen-bond acceptors (Lipinski definition) is 7. The van der Waals surface area contributed by atoms with E-state index in [0.717, 1.165) is 78.6 Å². The summed E-state index contributed by atoms with van der Waals surface area (Å²) >= 11 is 1.64. The highest BCUT2D eigenvalue weighted by Gasteiger charge is 2.32. The van der Waals surface area contributed by atoms with Crippen molar-refractivity contribution >= 4 is 33.3 Å². The van der Waals surface area contributed by atoms with Gasteiger partial charge in [0.15, 0.2) is 0 Å². The SMILES string of the molecule is NC(=O)[C@H]1CCC[C@H]1Nc1nc(CN2CCOCC2)nc2scc(-c3ccccc3)c12. The number of ether oxygens (including phenoxy) is 1. The topological polar surface area (TPSA) is 93.4 Å². The minimum absolute atomic E-state index is 0.00959. The van der Waals surface area contributed by atoms with Gasteiger partial charge in [0.05, 0.1) is 31.1 Å². The number of hydrogen-bond donors (Lipinski definition) is 2. The van der Waals surface area contributed by atoms with Gasteiger partial charge in [-0.05, 0) is 18.4 Å². The number of thiophene rings is 1. The molecule has 1 aromatic carbocycles. The summed E-state index contributed by atoms with van der Waals surface area (Å²) in [6, 6.07) is 10.3. The van der Waals surface area contributed by atoms with Crippen molar-refractivity contribution in [3.63, 3.8) is 0 Å². The Bertz CT molecular complexity index is 1060. The molecule has 5 rings (SSSR count). The molecule has 31 heavy (non-hydrogen) atoms. The smallest absolute Gasteiger partial charge is 0.222 e. The highest BCUT2D eigenvalue weighted by molar-refractivity contribution is 7.17. The van der Waals surface area contributed by atoms with Crippen LogP contribution in [0.1, 0.15) is 25.1 Å². The molecule has 7 nitrogen and oxygen atoms in total. The van der Waals surface area contributed by atoms with Crippen molar-refractivity contribution in [1.29, 1.82) is 0 Å². The lowest BCUT2D eigenvalue weighted by atomic mass is 10.0. The van der Waals surface area contributed by atoms with Crippen LogP contribution in [0.3, 0.4) is 0 Å². The summed E-state index contributed by atoms with van der Waals surface area (Å²) in [4.78, 5) is 25.1. The summed E-state index contributed by atoms with van der Waals surface area (Å²) in [5.41, 5.74) is 7.94. The van der Waals surface area contributed by atoms with Crippen LogP contribution in [-0.2, 0) is 16.1 Å². The maximum Gasteiger partial charge on any atom is 0.222 e. The van der Waals surface area contributed by atoms with Gasteiger partial charge in [0, 0.05) is 30.1 Å². The number of carbonyl (C=O) groups is 1. The van der Waals surface area contributed by atoms with Crippen molar-refractivity contribution in [1.82, 2.24) is 14.9 Å². The third kappa shape index (κ3) is 4.28. The van der Waals surface area contributed by atoms with E-state index in [1.165, 1.54) is 0 Å². The summed E-state index contributed by atoms with van der Waals surface area (Å²) in [6.07, 6.45) is 2.75. The Labute approximate surface area is 185 Å². The lowest BCUT2D eigenvalue weighted by Gasteiger charge is -2.26. The Balaban J connectivity index is 1.55. The Hall–Kier alpha value is -2.55. The zero-order valence-electron chi connectivity index (χ0n) is 17.4. The number of nitrogens with one attached hydrogen (secondary N) is 1. The fourth-order valence-corrected chi connectivity index (χ4v) is 5.57. The molecule has 162 valence electrons. The standard InChI is InChI=1S/C23H27N5O2S/c24-21(29)16-7-4-8-18(16)25-22-20-17(15-5-2-1-3-6-15)14-31-23(20)27-19(26-22)13-28-9-11-30-12-10-28/h1-3,5-6,14,16,18H,4,7-13H2,(H2,24,29)(H,25,26,27)/t16-,18+/m0/s1. The van der Waals surface area contributed by atoms with Crippen molar-refractivity contribution in [2.24, 2.45) is 11.7 Å². The van der Waals surface area contributed by atoms with Crippen molar-refractivity contribution in [3.05, 3.63) is 41.5 Å². The van der Waals surface area contributed by atoms with Crippen LogP contribution in [0.2, 0.25) is 0 Å². The molecule has 2 fully saturated rings. The third-order valence-corrected chi connectivity index (χ3v) is 7.11. The molecule has 0 bridgehead atoms. The first kappa shape index (κ1) is 20.4. The normalized spacial score (nSPS) is 22.1. The Kier molecular flexibility index (Phi) is 5.85. The van der Waals surface area contributed by atoms with Gasteiger partial charge in [0.1, 0.15) is 16.5 Å². The summed E-state index contributed by atoms with van der Waals surface area (Å²) < 4.78 is 5.47. The van der Waals surface area contributed by atoms with Crippen LogP contribution in [0.4, 0.5) is 5.82 Å². The van der Waals surface area contributed by atoms with Crippen LogP contribution in [0.25, 0.3) is 21.3 Å². The highest BCUT2D eigenvalue weighted by atomic mass is 32.1. The number of morpholine rings is 1. The number of primary amides is 1. The number of amides is 1. The van der Waals surface area contributed by atoms with Gasteiger partial charge >= 0.3 is 0 Å². The second kappa shape index (κ2) is 8.90. The lowest BCUT2D eigenvalue weighted by Crippen LogP contribution is -2.36. The van der Waals surface area contributed by atoms with Crippen LogP contribution in [-0.4, -0.2) is 53.1 Å². The van der Waals surface area contributed by atoms with E-state index in [4.69, 9.17) is 20.4 Å². The minimum atomic E-state index is -0.234. The molecule has 1 amide bonds. The molecule has 3 N–H and O–H groups in total. The van der Waals surface area contributed by atoms with Gasteiger partial charge < -0.3 is 15.8 Å². The molecule has 2 aliphatic rings. The third-order valence-electron chi connectivity index (χ3n) is 6.24. The molecular weight excluding hydrogens is 410 g/mol. The molecule has 0 radical (unpaired) electrons. The molecule has 1 aliphatic carbocycles. The first-order valence-electron chi connectivity index (χ1n) is 10.9. The molecule has 2 atom stereocenters. The van der Waals surface area contributed by atoms with Gasteiger partial charge in [0.25, 0.3) is 0 Å². The summed E-state index contributed by atoms with van der Waals surface area (Å²) in [5, 5.41) is 6.78. The van der Waals surface area contributed by atoms with Gasteiger partial charge in [0.2, 0.25) is 5.91 Å². The lowest BCUT2D eigenvalue weighted by molar-refractivity contribution is -0.121. The highest BCUT2D eigenvalue weighted by Crippen LogP contribution is 2.38. The number of carbonyl (C=O) groups excluding carboxylic acids is 1. The van der Waals surface area contributed by atoms with E-state index in [-0.39, 0.29) is 17.9 Å². The van der Waals surface area contributed by atoms with Gasteiger partial charge in [-0.1, -0.05) is 36.8 Å². The molecule has 8 heteroatoms. The largest absolute Gasteiger partial charge is 0.379 e. The van der Waals surface area contributed by atoms with Gasteiger partial charge in [-0.25, -0.2) is 9.97 Å². The van der Waals surface area contributed by atoms with E-state index >= 15 is 0 Å². The van der Waals surface area contributed by atoms with Crippen LogP contribution in [0.5, 0.6) is 0 Å². The first-order valence-corrected chi connectivity index (χ1v) is 11.8. The second-order valence-electron chi connectivity index (χ2n) is 8.26.